The van der Waals surface area contributed by atoms with Crippen LogP contribution in [-0.4, -0.2) is 22.3 Å². The van der Waals surface area contributed by atoms with Crippen molar-refractivity contribution in [2.24, 2.45) is 0 Å². The molecule has 0 aliphatic heterocycles. The van der Waals surface area contributed by atoms with Crippen LogP contribution in [-0.2, 0) is 16.1 Å². The number of amides is 1. The third kappa shape index (κ3) is 4.24. The molecule has 0 spiro atoms. The molecule has 1 atom stereocenters. The molecule has 1 unspecified atom stereocenters. The van der Waals surface area contributed by atoms with Gasteiger partial charge in [0.15, 0.2) is 6.04 Å². The van der Waals surface area contributed by atoms with Crippen molar-refractivity contribution in [2.75, 3.05) is 0 Å². The van der Waals surface area contributed by atoms with Crippen LogP contribution < -0.4 is 5.32 Å². The summed E-state index contributed by atoms with van der Waals surface area (Å²) < 4.78 is 4.98. The zero-order valence-electron chi connectivity index (χ0n) is 11.6. The topological polar surface area (TPSA) is 95.9 Å². The van der Waals surface area contributed by atoms with E-state index in [1.54, 1.807) is 12.1 Å². The van der Waals surface area contributed by atoms with Gasteiger partial charge in [-0.2, -0.15) is 0 Å². The molecular formula is C16H15NO5. The first-order valence-electron chi connectivity index (χ1n) is 6.55. The van der Waals surface area contributed by atoms with Gasteiger partial charge in [0.1, 0.15) is 12.4 Å². The average molecular weight is 301 g/mol. The standard InChI is InChI=1S/C16H15NO5/c18-13-8-4-7-12(9-13)14(15(19)20)17-16(21)22-10-11-5-2-1-3-6-11/h1-9,14,18H,10H2,(H,17,21)(H,19,20). The van der Waals surface area contributed by atoms with Crippen LogP contribution in [0.2, 0.25) is 0 Å². The molecule has 0 bridgehead atoms. The molecule has 6 nitrogen and oxygen atoms in total. The molecule has 1 amide bonds. The molecule has 0 saturated heterocycles. The predicted molar refractivity (Wildman–Crippen MR) is 78.2 cm³/mol. The molecular weight excluding hydrogens is 286 g/mol. The summed E-state index contributed by atoms with van der Waals surface area (Å²) in [7, 11) is 0. The van der Waals surface area contributed by atoms with Gasteiger partial charge >= 0.3 is 12.1 Å². The Balaban J connectivity index is 1.99. The molecule has 0 aliphatic carbocycles. The van der Waals surface area contributed by atoms with E-state index in [0.717, 1.165) is 5.56 Å². The first-order valence-corrected chi connectivity index (χ1v) is 6.55. The van der Waals surface area contributed by atoms with Gasteiger partial charge in [-0.25, -0.2) is 9.59 Å². The number of aliphatic carboxylic acids is 1. The quantitative estimate of drug-likeness (QED) is 0.788. The van der Waals surface area contributed by atoms with Crippen LogP contribution in [0, 0.1) is 0 Å². The number of nitrogens with one attached hydrogen (secondary N) is 1. The normalized spacial score (nSPS) is 11.5. The van der Waals surface area contributed by atoms with Crippen molar-refractivity contribution in [1.82, 2.24) is 5.32 Å². The van der Waals surface area contributed by atoms with Crippen molar-refractivity contribution in [3.05, 3.63) is 65.7 Å². The van der Waals surface area contributed by atoms with Gasteiger partial charge in [-0.05, 0) is 23.3 Å². The predicted octanol–water partition coefficient (Wildman–Crippen LogP) is 2.44. The van der Waals surface area contributed by atoms with Gasteiger partial charge in [0.05, 0.1) is 0 Å². The lowest BCUT2D eigenvalue weighted by Crippen LogP contribution is -2.34. The zero-order valence-corrected chi connectivity index (χ0v) is 11.6. The van der Waals surface area contributed by atoms with Gasteiger partial charge in [-0.15, -0.1) is 0 Å². The maximum absolute atomic E-state index is 11.7. The lowest BCUT2D eigenvalue weighted by atomic mass is 10.1. The maximum Gasteiger partial charge on any atom is 0.408 e. The maximum atomic E-state index is 11.7. The monoisotopic (exact) mass is 301 g/mol. The van der Waals surface area contributed by atoms with Gasteiger partial charge in [-0.1, -0.05) is 42.5 Å². The van der Waals surface area contributed by atoms with Crippen molar-refractivity contribution in [3.8, 4) is 5.75 Å². The number of carboxylic acid groups (broad SMARTS) is 1. The largest absolute Gasteiger partial charge is 0.508 e. The Bertz CT molecular complexity index is 657. The number of carboxylic acids is 1. The lowest BCUT2D eigenvalue weighted by molar-refractivity contribution is -0.139. The van der Waals surface area contributed by atoms with Crippen molar-refractivity contribution in [2.45, 2.75) is 12.6 Å². The van der Waals surface area contributed by atoms with E-state index in [0.29, 0.717) is 0 Å². The van der Waals surface area contributed by atoms with E-state index in [1.807, 2.05) is 18.2 Å². The molecule has 22 heavy (non-hydrogen) atoms. The molecule has 114 valence electrons. The summed E-state index contributed by atoms with van der Waals surface area (Å²) in [5.41, 5.74) is 1.05. The summed E-state index contributed by atoms with van der Waals surface area (Å²) in [5, 5.41) is 20.9. The lowest BCUT2D eigenvalue weighted by Gasteiger charge is -2.15. The number of carbonyl (C=O) groups is 2. The van der Waals surface area contributed by atoms with E-state index in [9.17, 15) is 19.8 Å². The number of carbonyl (C=O) groups excluding carboxylic acids is 1. The Hall–Kier alpha value is -3.02. The fourth-order valence-electron chi connectivity index (χ4n) is 1.87. The summed E-state index contributed by atoms with van der Waals surface area (Å²) in [6, 6.07) is 13.4. The number of benzene rings is 2. The second kappa shape index (κ2) is 7.12. The van der Waals surface area contributed by atoms with E-state index in [-0.39, 0.29) is 17.9 Å². The van der Waals surface area contributed by atoms with Crippen LogP contribution in [0.15, 0.2) is 54.6 Å². The second-order valence-corrected chi connectivity index (χ2v) is 4.57. The summed E-state index contributed by atoms with van der Waals surface area (Å²) in [5.74, 6) is -1.33. The average Bonchev–Trinajstić information content (AvgIpc) is 2.51. The Morgan fingerprint density at radius 3 is 2.45 bits per heavy atom. The van der Waals surface area contributed by atoms with Gasteiger partial charge < -0.3 is 20.3 Å². The number of aromatic hydroxyl groups is 1. The van der Waals surface area contributed by atoms with Crippen LogP contribution in [0.5, 0.6) is 5.75 Å². The number of ether oxygens (including phenoxy) is 1. The molecule has 0 radical (unpaired) electrons. The van der Waals surface area contributed by atoms with Gasteiger partial charge in [-0.3, -0.25) is 0 Å². The minimum atomic E-state index is -1.30. The minimum Gasteiger partial charge on any atom is -0.508 e. The summed E-state index contributed by atoms with van der Waals surface area (Å²) in [6.07, 6.45) is -0.848. The Morgan fingerprint density at radius 1 is 1.09 bits per heavy atom. The molecule has 0 saturated carbocycles. The van der Waals surface area contributed by atoms with Gasteiger partial charge in [0, 0.05) is 0 Å². The van der Waals surface area contributed by atoms with E-state index >= 15 is 0 Å². The van der Waals surface area contributed by atoms with Crippen LogP contribution in [0.1, 0.15) is 17.2 Å². The minimum absolute atomic E-state index is 0.0407. The van der Waals surface area contributed by atoms with Crippen molar-refractivity contribution < 1.29 is 24.5 Å². The van der Waals surface area contributed by atoms with Crippen LogP contribution in [0.25, 0.3) is 0 Å². The number of hydrogen-bond acceptors (Lipinski definition) is 4. The Kier molecular flexibility index (Phi) is 4.98. The van der Waals surface area contributed by atoms with Crippen LogP contribution in [0.3, 0.4) is 0 Å². The van der Waals surface area contributed by atoms with E-state index < -0.39 is 18.1 Å². The highest BCUT2D eigenvalue weighted by atomic mass is 16.5. The third-order valence-corrected chi connectivity index (χ3v) is 2.93. The number of phenolic OH excluding ortho intramolecular Hbond substituents is 1. The molecule has 6 heteroatoms. The molecule has 2 aromatic carbocycles. The summed E-state index contributed by atoms with van der Waals surface area (Å²) in [4.78, 5) is 23.0. The van der Waals surface area contributed by atoms with Crippen molar-refractivity contribution in [1.29, 1.82) is 0 Å². The van der Waals surface area contributed by atoms with Gasteiger partial charge in [0.2, 0.25) is 0 Å². The smallest absolute Gasteiger partial charge is 0.408 e. The molecule has 2 rings (SSSR count). The molecule has 0 heterocycles. The fourth-order valence-corrected chi connectivity index (χ4v) is 1.87. The number of rotatable bonds is 5. The Morgan fingerprint density at radius 2 is 1.82 bits per heavy atom. The van der Waals surface area contributed by atoms with E-state index in [4.69, 9.17) is 4.74 Å². The zero-order chi connectivity index (χ0) is 15.9. The Labute approximate surface area is 127 Å². The molecule has 0 aromatic heterocycles. The van der Waals surface area contributed by atoms with Crippen LogP contribution >= 0.6 is 0 Å². The summed E-state index contributed by atoms with van der Waals surface area (Å²) >= 11 is 0. The summed E-state index contributed by atoms with van der Waals surface area (Å²) in [6.45, 7) is 0.0407. The number of alkyl carbamates (subject to hydrolysis) is 1. The SMILES string of the molecule is O=C(NC(C(=O)O)c1cccc(O)c1)OCc1ccccc1. The number of hydrogen-bond donors (Lipinski definition) is 3. The highest BCUT2D eigenvalue weighted by molar-refractivity contribution is 5.81. The number of phenols is 1. The van der Waals surface area contributed by atoms with Crippen molar-refractivity contribution in [3.63, 3.8) is 0 Å². The van der Waals surface area contributed by atoms with Crippen LogP contribution in [0.4, 0.5) is 4.79 Å². The molecule has 0 aliphatic rings. The van der Waals surface area contributed by atoms with Gasteiger partial charge in [0.25, 0.3) is 0 Å². The second-order valence-electron chi connectivity index (χ2n) is 4.57. The first kappa shape index (κ1) is 15.4. The van der Waals surface area contributed by atoms with E-state index in [1.165, 1.54) is 24.3 Å². The third-order valence-electron chi connectivity index (χ3n) is 2.93. The first-order chi connectivity index (χ1) is 10.6. The fraction of sp³-hybridized carbons (Fsp3) is 0.125. The van der Waals surface area contributed by atoms with Crippen molar-refractivity contribution >= 4 is 12.1 Å². The highest BCUT2D eigenvalue weighted by Crippen LogP contribution is 2.18. The highest BCUT2D eigenvalue weighted by Gasteiger charge is 2.23. The molecule has 3 N–H and O–H groups in total. The molecule has 0 fully saturated rings. The molecule has 2 aromatic rings. The van der Waals surface area contributed by atoms with E-state index in [2.05, 4.69) is 5.32 Å².